The van der Waals surface area contributed by atoms with E-state index in [0.717, 1.165) is 12.8 Å². The average Bonchev–Trinajstić information content (AvgIpc) is 2.75. The highest BCUT2D eigenvalue weighted by Crippen LogP contribution is 2.18. The van der Waals surface area contributed by atoms with Gasteiger partial charge in [0.25, 0.3) is 5.91 Å². The molecule has 29 heavy (non-hydrogen) atoms. The third-order valence-corrected chi connectivity index (χ3v) is 5.75. The van der Waals surface area contributed by atoms with E-state index in [2.05, 4.69) is 10.6 Å². The Morgan fingerprint density at radius 3 is 2.24 bits per heavy atom. The number of hydrogen-bond donors (Lipinski definition) is 2. The molecule has 0 bridgehead atoms. The first-order valence-corrected chi connectivity index (χ1v) is 10.7. The monoisotopic (exact) mass is 400 g/mol. The van der Waals surface area contributed by atoms with Gasteiger partial charge in [0.15, 0.2) is 0 Å². The van der Waals surface area contributed by atoms with E-state index in [0.29, 0.717) is 37.8 Å². The highest BCUT2D eigenvalue weighted by Gasteiger charge is 2.26. The summed E-state index contributed by atoms with van der Waals surface area (Å²) < 4.78 is 0. The van der Waals surface area contributed by atoms with Crippen LogP contribution < -0.4 is 10.6 Å². The van der Waals surface area contributed by atoms with Gasteiger partial charge in [0.1, 0.15) is 0 Å². The van der Waals surface area contributed by atoms with Crippen molar-refractivity contribution in [3.05, 3.63) is 35.9 Å². The molecule has 0 radical (unpaired) electrons. The molecule has 1 atom stereocenters. The summed E-state index contributed by atoms with van der Waals surface area (Å²) in [6.07, 6.45) is 6.02. The fraction of sp³-hybridized carbons (Fsp3) is 0.591. The minimum Gasteiger partial charge on any atom is -0.349 e. The summed E-state index contributed by atoms with van der Waals surface area (Å²) in [6, 6.07) is 9.03. The number of nitrogens with zero attached hydrogens (tertiary/aromatic N) is 2. The number of amides is 4. The molecule has 1 aromatic rings. The predicted octanol–water partition coefficient (Wildman–Crippen LogP) is 2.38. The topological polar surface area (TPSA) is 81.8 Å². The zero-order chi connectivity index (χ0) is 20.6. The van der Waals surface area contributed by atoms with E-state index in [9.17, 15) is 14.4 Å². The largest absolute Gasteiger partial charge is 0.349 e. The van der Waals surface area contributed by atoms with Crippen molar-refractivity contribution in [3.63, 3.8) is 0 Å². The number of carbonyl (C=O) groups is 3. The fourth-order valence-electron chi connectivity index (χ4n) is 4.01. The summed E-state index contributed by atoms with van der Waals surface area (Å²) in [7, 11) is 0. The highest BCUT2D eigenvalue weighted by atomic mass is 16.2. The molecular weight excluding hydrogens is 368 g/mol. The molecule has 2 aliphatic rings. The normalized spacial score (nSPS) is 18.8. The maximum absolute atomic E-state index is 12.6. The number of carbonyl (C=O) groups excluding carboxylic acids is 3. The van der Waals surface area contributed by atoms with E-state index in [1.165, 1.54) is 19.3 Å². The van der Waals surface area contributed by atoms with Crippen molar-refractivity contribution in [3.8, 4) is 0 Å². The minimum atomic E-state index is -0.247. The van der Waals surface area contributed by atoms with E-state index < -0.39 is 0 Å². The quantitative estimate of drug-likeness (QED) is 0.796. The molecule has 3 rings (SSSR count). The Balaban J connectivity index is 1.39. The first-order valence-electron chi connectivity index (χ1n) is 10.7. The van der Waals surface area contributed by atoms with Gasteiger partial charge in [-0.1, -0.05) is 37.5 Å². The summed E-state index contributed by atoms with van der Waals surface area (Å²) in [5, 5.41) is 6.02. The molecule has 1 heterocycles. The predicted molar refractivity (Wildman–Crippen MR) is 112 cm³/mol. The van der Waals surface area contributed by atoms with Crippen molar-refractivity contribution in [2.75, 3.05) is 26.2 Å². The molecule has 7 nitrogen and oxygen atoms in total. The maximum Gasteiger partial charge on any atom is 0.317 e. The number of piperazine rings is 1. The first kappa shape index (κ1) is 21.1. The number of urea groups is 1. The molecule has 2 N–H and O–H groups in total. The summed E-state index contributed by atoms with van der Waals surface area (Å²) in [5.41, 5.74) is 0.587. The van der Waals surface area contributed by atoms with Crippen molar-refractivity contribution in [1.29, 1.82) is 0 Å². The Morgan fingerprint density at radius 2 is 1.59 bits per heavy atom. The molecule has 1 aromatic carbocycles. The Bertz CT molecular complexity index is 695. The van der Waals surface area contributed by atoms with E-state index in [1.54, 1.807) is 21.9 Å². The lowest BCUT2D eigenvalue weighted by molar-refractivity contribution is -0.133. The number of rotatable bonds is 5. The second-order valence-corrected chi connectivity index (χ2v) is 8.10. The van der Waals surface area contributed by atoms with Crippen LogP contribution >= 0.6 is 0 Å². The van der Waals surface area contributed by atoms with Crippen molar-refractivity contribution in [1.82, 2.24) is 20.4 Å². The summed E-state index contributed by atoms with van der Waals surface area (Å²) in [5.74, 6) is -0.159. The zero-order valence-corrected chi connectivity index (χ0v) is 17.2. The Morgan fingerprint density at radius 1 is 0.966 bits per heavy atom. The van der Waals surface area contributed by atoms with Crippen LogP contribution in [-0.4, -0.2) is 65.9 Å². The Kier molecular flexibility index (Phi) is 7.49. The van der Waals surface area contributed by atoms with E-state index >= 15 is 0 Å². The first-order chi connectivity index (χ1) is 14.0. The number of nitrogens with one attached hydrogen (secondary N) is 2. The van der Waals surface area contributed by atoms with Crippen molar-refractivity contribution in [2.24, 2.45) is 0 Å². The summed E-state index contributed by atoms with van der Waals surface area (Å²) >= 11 is 0. The van der Waals surface area contributed by atoms with Crippen LogP contribution in [0, 0.1) is 0 Å². The average molecular weight is 401 g/mol. The third-order valence-electron chi connectivity index (χ3n) is 5.75. The second kappa shape index (κ2) is 10.3. The van der Waals surface area contributed by atoms with Crippen LogP contribution in [0.2, 0.25) is 0 Å². The molecule has 1 saturated heterocycles. The van der Waals surface area contributed by atoms with Crippen LogP contribution in [0.25, 0.3) is 0 Å². The number of hydrogen-bond acceptors (Lipinski definition) is 3. The Labute approximate surface area is 172 Å². The van der Waals surface area contributed by atoms with Gasteiger partial charge in [-0.3, -0.25) is 9.59 Å². The van der Waals surface area contributed by atoms with Crippen molar-refractivity contribution >= 4 is 17.8 Å². The molecule has 158 valence electrons. The van der Waals surface area contributed by atoms with Crippen LogP contribution in [0.5, 0.6) is 0 Å². The van der Waals surface area contributed by atoms with Crippen LogP contribution in [0.4, 0.5) is 4.79 Å². The molecular formula is C22H32N4O3. The molecule has 0 spiro atoms. The minimum absolute atomic E-state index is 0.00695. The maximum atomic E-state index is 12.6. The standard InChI is InChI=1S/C22H32N4O3/c1-17(23-21(28)18-8-4-2-5-9-18)16-20(27)25-12-14-26(15-13-25)22(29)24-19-10-6-3-7-11-19/h2,4-5,8-9,17,19H,3,6-7,10-16H2,1H3,(H,23,28)(H,24,29). The smallest absolute Gasteiger partial charge is 0.317 e. The molecule has 4 amide bonds. The van der Waals surface area contributed by atoms with Gasteiger partial charge in [0.2, 0.25) is 5.91 Å². The lowest BCUT2D eigenvalue weighted by Crippen LogP contribution is -2.55. The third kappa shape index (κ3) is 6.21. The van der Waals surface area contributed by atoms with Crippen LogP contribution in [0.15, 0.2) is 30.3 Å². The zero-order valence-electron chi connectivity index (χ0n) is 17.2. The van der Waals surface area contributed by atoms with E-state index in [4.69, 9.17) is 0 Å². The van der Waals surface area contributed by atoms with E-state index in [-0.39, 0.29) is 30.3 Å². The van der Waals surface area contributed by atoms with Gasteiger partial charge in [0, 0.05) is 50.2 Å². The second-order valence-electron chi connectivity index (χ2n) is 8.10. The molecule has 0 aromatic heterocycles. The molecule has 1 aliphatic carbocycles. The lowest BCUT2D eigenvalue weighted by atomic mass is 9.96. The van der Waals surface area contributed by atoms with Gasteiger partial charge < -0.3 is 20.4 Å². The SMILES string of the molecule is CC(CC(=O)N1CCN(C(=O)NC2CCCCC2)CC1)NC(=O)c1ccccc1. The molecule has 7 heteroatoms. The van der Waals surface area contributed by atoms with Gasteiger partial charge in [-0.15, -0.1) is 0 Å². The highest BCUT2D eigenvalue weighted by molar-refractivity contribution is 5.94. The van der Waals surface area contributed by atoms with Crippen molar-refractivity contribution in [2.45, 2.75) is 57.5 Å². The van der Waals surface area contributed by atoms with Gasteiger partial charge >= 0.3 is 6.03 Å². The lowest BCUT2D eigenvalue weighted by Gasteiger charge is -2.36. The summed E-state index contributed by atoms with van der Waals surface area (Å²) in [4.78, 5) is 40.8. The molecule has 1 saturated carbocycles. The summed E-state index contributed by atoms with van der Waals surface area (Å²) in [6.45, 7) is 4.02. The van der Waals surface area contributed by atoms with Gasteiger partial charge in [-0.25, -0.2) is 4.79 Å². The Hall–Kier alpha value is -2.57. The van der Waals surface area contributed by atoms with Gasteiger partial charge in [-0.2, -0.15) is 0 Å². The van der Waals surface area contributed by atoms with Crippen LogP contribution in [-0.2, 0) is 4.79 Å². The molecule has 1 unspecified atom stereocenters. The van der Waals surface area contributed by atoms with Gasteiger partial charge in [0.05, 0.1) is 0 Å². The molecule has 1 aliphatic heterocycles. The number of benzene rings is 1. The van der Waals surface area contributed by atoms with Crippen LogP contribution in [0.3, 0.4) is 0 Å². The van der Waals surface area contributed by atoms with E-state index in [1.807, 2.05) is 25.1 Å². The van der Waals surface area contributed by atoms with Gasteiger partial charge in [-0.05, 0) is 31.9 Å². The fourth-order valence-corrected chi connectivity index (χ4v) is 4.01. The van der Waals surface area contributed by atoms with Crippen molar-refractivity contribution < 1.29 is 14.4 Å². The van der Waals surface area contributed by atoms with Crippen LogP contribution in [0.1, 0.15) is 55.8 Å². The molecule has 2 fully saturated rings.